The van der Waals surface area contributed by atoms with Gasteiger partial charge in [-0.15, -0.1) is 0 Å². The molecule has 9 N–H and O–H groups in total. The van der Waals surface area contributed by atoms with E-state index in [1.165, 1.54) is 199 Å². The zero-order chi connectivity index (χ0) is 63.8. The topological polar surface area (TPSA) is 228 Å². The zero-order valence-corrected chi connectivity index (χ0v) is 56.0. The van der Waals surface area contributed by atoms with Crippen molar-refractivity contribution in [3.05, 3.63) is 60.8 Å². The lowest BCUT2D eigenvalue weighted by Gasteiger charge is -2.46. The third-order valence-electron chi connectivity index (χ3n) is 17.7. The minimum Gasteiger partial charge on any atom is -0.394 e. The molecule has 88 heavy (non-hydrogen) atoms. The van der Waals surface area contributed by atoms with E-state index in [4.69, 9.17) is 18.9 Å². The van der Waals surface area contributed by atoms with Crippen molar-refractivity contribution in [2.75, 3.05) is 19.8 Å². The summed E-state index contributed by atoms with van der Waals surface area (Å²) in [5, 5.41) is 87.6. The van der Waals surface area contributed by atoms with E-state index in [-0.39, 0.29) is 12.5 Å². The second-order valence-corrected chi connectivity index (χ2v) is 25.7. The molecule has 14 heteroatoms. The van der Waals surface area contributed by atoms with E-state index in [2.05, 4.69) is 79.9 Å². The van der Waals surface area contributed by atoms with Crippen LogP contribution in [0.2, 0.25) is 0 Å². The maximum Gasteiger partial charge on any atom is 0.220 e. The van der Waals surface area contributed by atoms with Crippen LogP contribution in [-0.2, 0) is 23.7 Å². The van der Waals surface area contributed by atoms with E-state index in [0.29, 0.717) is 12.8 Å². The Labute approximate surface area is 536 Å². The summed E-state index contributed by atoms with van der Waals surface area (Å²) in [5.41, 5.74) is 0. The molecule has 0 bridgehead atoms. The molecular weight excluding hydrogens is 1110 g/mol. The van der Waals surface area contributed by atoms with Crippen LogP contribution in [-0.4, -0.2) is 140 Å². The SMILES string of the molecule is CC/C=C\C/C=C\C/C=C\C/C=C\C/C=C\CCCCCCCCCCCCCCCCCCCCCC(=O)NC(COC1OC(CO)C(OC2OC(CO)C(O)C(O)C2O)C(O)C1O)C(O)CCCCCCCCCCCCCCCCCCCCC. The fourth-order valence-corrected chi connectivity index (χ4v) is 12.0. The van der Waals surface area contributed by atoms with Crippen molar-refractivity contribution in [1.82, 2.24) is 5.32 Å². The predicted octanol–water partition coefficient (Wildman–Crippen LogP) is 15.2. The minimum atomic E-state index is -1.78. The van der Waals surface area contributed by atoms with Crippen LogP contribution >= 0.6 is 0 Å². The summed E-state index contributed by atoms with van der Waals surface area (Å²) in [7, 11) is 0. The van der Waals surface area contributed by atoms with Crippen molar-refractivity contribution < 1.29 is 64.6 Å². The third kappa shape index (κ3) is 42.0. The Hall–Kier alpha value is -2.31. The number of carbonyl (C=O) groups excluding carboxylic acids is 1. The van der Waals surface area contributed by atoms with Crippen molar-refractivity contribution in [3.8, 4) is 0 Å². The first-order chi connectivity index (χ1) is 43.1. The quantitative estimate of drug-likeness (QED) is 0.0204. The number of carbonyl (C=O) groups is 1. The highest BCUT2D eigenvalue weighted by molar-refractivity contribution is 5.76. The van der Waals surface area contributed by atoms with Crippen LogP contribution in [0.25, 0.3) is 0 Å². The predicted molar refractivity (Wildman–Crippen MR) is 360 cm³/mol. The number of aliphatic hydroxyl groups excluding tert-OH is 8. The molecule has 2 fully saturated rings. The van der Waals surface area contributed by atoms with E-state index in [1.807, 2.05) is 0 Å². The summed E-state index contributed by atoms with van der Waals surface area (Å²) < 4.78 is 22.9. The molecule has 0 aromatic rings. The number of hydrogen-bond acceptors (Lipinski definition) is 13. The van der Waals surface area contributed by atoms with Crippen LogP contribution in [0, 0.1) is 0 Å². The van der Waals surface area contributed by atoms with Crippen LogP contribution in [0.15, 0.2) is 60.8 Å². The highest BCUT2D eigenvalue weighted by Crippen LogP contribution is 2.30. The van der Waals surface area contributed by atoms with Gasteiger partial charge in [0.25, 0.3) is 0 Å². The van der Waals surface area contributed by atoms with Crippen LogP contribution in [0.4, 0.5) is 0 Å². The number of nitrogens with one attached hydrogen (secondary N) is 1. The van der Waals surface area contributed by atoms with Gasteiger partial charge in [-0.3, -0.25) is 4.79 Å². The smallest absolute Gasteiger partial charge is 0.220 e. The van der Waals surface area contributed by atoms with Crippen molar-refractivity contribution in [2.45, 2.75) is 383 Å². The second kappa shape index (κ2) is 58.5. The van der Waals surface area contributed by atoms with E-state index >= 15 is 0 Å². The zero-order valence-electron chi connectivity index (χ0n) is 56.0. The molecule has 2 rings (SSSR count). The summed E-state index contributed by atoms with van der Waals surface area (Å²) in [5.74, 6) is -0.202. The molecular formula is C74H135NO13. The molecule has 0 spiro atoms. The lowest BCUT2D eigenvalue weighted by molar-refractivity contribution is -0.359. The number of rotatable bonds is 60. The first-order valence-electron chi connectivity index (χ1n) is 36.5. The average molecular weight is 1250 g/mol. The van der Waals surface area contributed by atoms with Crippen LogP contribution in [0.1, 0.15) is 309 Å². The first-order valence-corrected chi connectivity index (χ1v) is 36.5. The highest BCUT2D eigenvalue weighted by atomic mass is 16.7. The van der Waals surface area contributed by atoms with E-state index in [9.17, 15) is 45.6 Å². The normalized spacial score (nSPS) is 23.5. The van der Waals surface area contributed by atoms with Crippen LogP contribution in [0.3, 0.4) is 0 Å². The number of amides is 1. The molecule has 0 aromatic carbocycles. The molecule has 2 saturated heterocycles. The molecule has 0 radical (unpaired) electrons. The molecule has 12 unspecified atom stereocenters. The maximum absolute atomic E-state index is 13.4. The summed E-state index contributed by atoms with van der Waals surface area (Å²) >= 11 is 0. The highest BCUT2D eigenvalue weighted by Gasteiger charge is 2.51. The van der Waals surface area contributed by atoms with Gasteiger partial charge in [0.2, 0.25) is 5.91 Å². The Bertz CT molecular complexity index is 1710. The van der Waals surface area contributed by atoms with Gasteiger partial charge in [-0.05, 0) is 57.8 Å². The molecule has 2 heterocycles. The number of unbranched alkanes of at least 4 members (excludes halogenated alkanes) is 37. The molecule has 1 amide bonds. The van der Waals surface area contributed by atoms with E-state index in [0.717, 1.165) is 83.5 Å². The molecule has 12 atom stereocenters. The molecule has 14 nitrogen and oxygen atoms in total. The minimum absolute atomic E-state index is 0.202. The van der Waals surface area contributed by atoms with Gasteiger partial charge >= 0.3 is 0 Å². The van der Waals surface area contributed by atoms with Crippen molar-refractivity contribution >= 4 is 5.91 Å². The van der Waals surface area contributed by atoms with E-state index < -0.39 is 86.8 Å². The van der Waals surface area contributed by atoms with Crippen molar-refractivity contribution in [2.24, 2.45) is 0 Å². The molecule has 514 valence electrons. The Morgan fingerprint density at radius 1 is 0.420 bits per heavy atom. The fourth-order valence-electron chi connectivity index (χ4n) is 12.0. The van der Waals surface area contributed by atoms with Gasteiger partial charge in [0.05, 0.1) is 32.0 Å². The number of aliphatic hydroxyl groups is 8. The summed E-state index contributed by atoms with van der Waals surface area (Å²) in [6.45, 7) is 2.79. The van der Waals surface area contributed by atoms with Crippen molar-refractivity contribution in [1.29, 1.82) is 0 Å². The van der Waals surface area contributed by atoms with Gasteiger partial charge in [0.15, 0.2) is 12.6 Å². The van der Waals surface area contributed by atoms with Crippen LogP contribution in [0.5, 0.6) is 0 Å². The van der Waals surface area contributed by atoms with Gasteiger partial charge < -0.3 is 65.1 Å². The van der Waals surface area contributed by atoms with E-state index in [1.54, 1.807) is 0 Å². The van der Waals surface area contributed by atoms with Gasteiger partial charge in [-0.25, -0.2) is 0 Å². The molecule has 0 saturated carbocycles. The first kappa shape index (κ1) is 81.8. The molecule has 0 aliphatic carbocycles. The van der Waals surface area contributed by atoms with Gasteiger partial charge in [-0.1, -0.05) is 306 Å². The van der Waals surface area contributed by atoms with Gasteiger partial charge in [-0.2, -0.15) is 0 Å². The second-order valence-electron chi connectivity index (χ2n) is 25.7. The Balaban J connectivity index is 1.61. The summed E-state index contributed by atoms with van der Waals surface area (Å²) in [4.78, 5) is 13.4. The number of allylic oxidation sites excluding steroid dienone is 10. The Morgan fingerprint density at radius 3 is 1.20 bits per heavy atom. The third-order valence-corrected chi connectivity index (χ3v) is 17.7. The largest absolute Gasteiger partial charge is 0.394 e. The number of hydrogen-bond donors (Lipinski definition) is 9. The van der Waals surface area contributed by atoms with Gasteiger partial charge in [0, 0.05) is 6.42 Å². The summed E-state index contributed by atoms with van der Waals surface area (Å²) in [6.07, 6.45) is 61.0. The van der Waals surface area contributed by atoms with Gasteiger partial charge in [0.1, 0.15) is 48.8 Å². The summed E-state index contributed by atoms with van der Waals surface area (Å²) in [6, 6.07) is -0.830. The molecule has 2 aliphatic rings. The lowest BCUT2D eigenvalue weighted by Crippen LogP contribution is -2.65. The fraction of sp³-hybridized carbons (Fsp3) is 0.851. The average Bonchev–Trinajstić information content (AvgIpc) is 1.84. The molecule has 2 aliphatic heterocycles. The lowest BCUT2D eigenvalue weighted by atomic mass is 9.97. The Kier molecular flexibility index (Phi) is 54.4. The van der Waals surface area contributed by atoms with Crippen molar-refractivity contribution in [3.63, 3.8) is 0 Å². The number of ether oxygens (including phenoxy) is 4. The van der Waals surface area contributed by atoms with Crippen LogP contribution < -0.4 is 5.32 Å². The monoisotopic (exact) mass is 1250 g/mol. The Morgan fingerprint density at radius 2 is 0.784 bits per heavy atom. The molecule has 0 aromatic heterocycles. The maximum atomic E-state index is 13.4. The standard InChI is InChI=1S/C74H135NO13/c1-3-5-7-9-11-13-15-17-19-21-23-24-25-26-27-28-29-30-31-32-33-34-35-36-37-38-40-42-44-46-48-50-52-54-56-58-66(79)75-62(63(78)57-55-53-51-49-47-45-43-41-39-22-20-18-16-14-12-10-8-6-4-2)61-85-73-71(84)69(82)72(65(60-77)87-73)88-74-70(83)68(81)67(80)64(59-76)86-74/h5,7,11,13,17,19,23-24,26-27,62-65,67-74,76-78,80-84H,3-4,6,8-10,12,14-16,18,20-22,25,28-61H2,1-2H3,(H,75,79)/b7-5-,13-11-,19-17-,24-23-,27-26-.